The van der Waals surface area contributed by atoms with Gasteiger partial charge >= 0.3 is 0 Å². The van der Waals surface area contributed by atoms with Crippen molar-refractivity contribution in [2.45, 2.75) is 17.7 Å². The molecule has 0 atom stereocenters. The minimum absolute atomic E-state index is 0.00983. The first kappa shape index (κ1) is 19.4. The molecule has 0 aliphatic carbocycles. The van der Waals surface area contributed by atoms with Crippen LogP contribution < -0.4 is 10.0 Å². The van der Waals surface area contributed by atoms with Crippen LogP contribution in [0, 0.1) is 5.82 Å². The van der Waals surface area contributed by atoms with Gasteiger partial charge in [-0.2, -0.15) is 0 Å². The van der Waals surface area contributed by atoms with Crippen molar-refractivity contribution in [2.24, 2.45) is 0 Å². The largest absolute Gasteiger partial charge is 0.356 e. The Hall–Kier alpha value is -1.96. The number of carbonyl (C=O) groups is 1. The fourth-order valence-electron chi connectivity index (χ4n) is 2.12. The molecule has 0 bridgehead atoms. The molecule has 0 aliphatic heterocycles. The second kappa shape index (κ2) is 8.94. The first-order chi connectivity index (χ1) is 11.9. The molecule has 25 heavy (non-hydrogen) atoms. The van der Waals surface area contributed by atoms with Crippen LogP contribution in [-0.2, 0) is 21.2 Å². The standard InChI is InChI=1S/C17H18ClFN2O3S/c18-14-5-7-15(8-6-14)25(23,24)21-12-10-17(22)20-11-9-13-3-1-2-4-16(13)19/h1-8,21H,9-12H2,(H,20,22). The van der Waals surface area contributed by atoms with Crippen molar-refractivity contribution in [3.8, 4) is 0 Å². The van der Waals surface area contributed by atoms with Crippen LogP contribution in [-0.4, -0.2) is 27.4 Å². The van der Waals surface area contributed by atoms with Gasteiger partial charge in [-0.05, 0) is 42.3 Å². The van der Waals surface area contributed by atoms with Gasteiger partial charge in [0.05, 0.1) is 4.90 Å². The molecular formula is C17H18ClFN2O3S. The molecule has 0 radical (unpaired) electrons. The Labute approximate surface area is 151 Å². The maximum absolute atomic E-state index is 13.4. The minimum atomic E-state index is -3.68. The van der Waals surface area contributed by atoms with Gasteiger partial charge in [0.1, 0.15) is 5.82 Å². The quantitative estimate of drug-likeness (QED) is 0.734. The van der Waals surface area contributed by atoms with Crippen molar-refractivity contribution in [1.29, 1.82) is 0 Å². The number of halogens is 2. The molecular weight excluding hydrogens is 367 g/mol. The molecule has 2 rings (SSSR count). The van der Waals surface area contributed by atoms with Crippen LogP contribution >= 0.6 is 11.6 Å². The van der Waals surface area contributed by atoms with Gasteiger partial charge in [-0.15, -0.1) is 0 Å². The molecule has 0 spiro atoms. The summed E-state index contributed by atoms with van der Waals surface area (Å²) in [6.45, 7) is 0.250. The average molecular weight is 385 g/mol. The zero-order valence-corrected chi connectivity index (χ0v) is 14.9. The van der Waals surface area contributed by atoms with Crippen molar-refractivity contribution in [1.82, 2.24) is 10.0 Å². The summed E-state index contributed by atoms with van der Waals surface area (Å²) in [5, 5.41) is 3.07. The highest BCUT2D eigenvalue weighted by molar-refractivity contribution is 7.89. The summed E-state index contributed by atoms with van der Waals surface area (Å²) in [5.74, 6) is -0.623. The van der Waals surface area contributed by atoms with Gasteiger partial charge in [0.15, 0.2) is 0 Å². The van der Waals surface area contributed by atoms with E-state index in [0.29, 0.717) is 17.0 Å². The third-order valence-electron chi connectivity index (χ3n) is 3.44. The maximum Gasteiger partial charge on any atom is 0.240 e. The van der Waals surface area contributed by atoms with E-state index in [2.05, 4.69) is 10.0 Å². The minimum Gasteiger partial charge on any atom is -0.356 e. The molecule has 1 amide bonds. The fourth-order valence-corrected chi connectivity index (χ4v) is 3.28. The molecule has 0 fully saturated rings. The lowest BCUT2D eigenvalue weighted by Crippen LogP contribution is -2.31. The molecule has 0 saturated carbocycles. The Bertz CT molecular complexity index is 826. The van der Waals surface area contributed by atoms with Crippen molar-refractivity contribution >= 4 is 27.5 Å². The Morgan fingerprint density at radius 3 is 2.40 bits per heavy atom. The van der Waals surface area contributed by atoms with Crippen LogP contribution in [0.15, 0.2) is 53.4 Å². The molecule has 0 unspecified atom stereocenters. The smallest absolute Gasteiger partial charge is 0.240 e. The molecule has 8 heteroatoms. The highest BCUT2D eigenvalue weighted by atomic mass is 35.5. The normalized spacial score (nSPS) is 11.3. The second-order valence-corrected chi connectivity index (χ2v) is 7.50. The zero-order chi connectivity index (χ0) is 18.3. The van der Waals surface area contributed by atoms with Crippen molar-refractivity contribution in [3.63, 3.8) is 0 Å². The summed E-state index contributed by atoms with van der Waals surface area (Å²) in [6.07, 6.45) is 0.360. The van der Waals surface area contributed by atoms with Gasteiger partial charge in [0, 0.05) is 24.5 Å². The number of carbonyl (C=O) groups excluding carboxylic acids is 1. The van der Waals surface area contributed by atoms with E-state index in [1.54, 1.807) is 18.2 Å². The van der Waals surface area contributed by atoms with Gasteiger partial charge in [0.25, 0.3) is 0 Å². The molecule has 134 valence electrons. The van der Waals surface area contributed by atoms with E-state index in [1.807, 2.05) is 0 Å². The maximum atomic E-state index is 13.4. The SMILES string of the molecule is O=C(CCNS(=O)(=O)c1ccc(Cl)cc1)NCCc1ccccc1F. The topological polar surface area (TPSA) is 75.3 Å². The summed E-state index contributed by atoms with van der Waals surface area (Å²) in [4.78, 5) is 11.8. The molecule has 5 nitrogen and oxygen atoms in total. The monoisotopic (exact) mass is 384 g/mol. The number of rotatable bonds is 8. The summed E-state index contributed by atoms with van der Waals surface area (Å²) in [6, 6.07) is 12.1. The van der Waals surface area contributed by atoms with Crippen LogP contribution in [0.3, 0.4) is 0 Å². The first-order valence-electron chi connectivity index (χ1n) is 7.64. The number of hydrogen-bond donors (Lipinski definition) is 2. The molecule has 2 N–H and O–H groups in total. The predicted octanol–water partition coefficient (Wildman–Crippen LogP) is 2.51. The van der Waals surface area contributed by atoms with Crippen LogP contribution in [0.1, 0.15) is 12.0 Å². The molecule has 0 aromatic heterocycles. The van der Waals surface area contributed by atoms with Gasteiger partial charge in [-0.25, -0.2) is 17.5 Å². The Balaban J connectivity index is 1.73. The molecule has 0 heterocycles. The zero-order valence-electron chi connectivity index (χ0n) is 13.3. The van der Waals surface area contributed by atoms with Gasteiger partial charge in [-0.1, -0.05) is 29.8 Å². The van der Waals surface area contributed by atoms with E-state index in [9.17, 15) is 17.6 Å². The van der Waals surface area contributed by atoms with Crippen LogP contribution in [0.25, 0.3) is 0 Å². The van der Waals surface area contributed by atoms with Crippen molar-refractivity contribution in [3.05, 3.63) is 64.9 Å². The fraction of sp³-hybridized carbons (Fsp3) is 0.235. The second-order valence-electron chi connectivity index (χ2n) is 5.29. The van der Waals surface area contributed by atoms with Crippen molar-refractivity contribution in [2.75, 3.05) is 13.1 Å². The number of amides is 1. The van der Waals surface area contributed by atoms with Gasteiger partial charge in [-0.3, -0.25) is 4.79 Å². The molecule has 0 aliphatic rings. The van der Waals surface area contributed by atoms with Gasteiger partial charge in [0.2, 0.25) is 15.9 Å². The van der Waals surface area contributed by atoms with Crippen molar-refractivity contribution < 1.29 is 17.6 Å². The van der Waals surface area contributed by atoms with Crippen LogP contribution in [0.2, 0.25) is 5.02 Å². The molecule has 2 aromatic rings. The third-order valence-corrected chi connectivity index (χ3v) is 5.17. The predicted molar refractivity (Wildman–Crippen MR) is 94.4 cm³/mol. The molecule has 0 saturated heterocycles. The molecule has 2 aromatic carbocycles. The van der Waals surface area contributed by atoms with Crippen LogP contribution in [0.4, 0.5) is 4.39 Å². The lowest BCUT2D eigenvalue weighted by molar-refractivity contribution is -0.120. The Morgan fingerprint density at radius 2 is 1.72 bits per heavy atom. The van der Waals surface area contributed by atoms with Gasteiger partial charge < -0.3 is 5.32 Å². The summed E-state index contributed by atoms with van der Waals surface area (Å²) in [5.41, 5.74) is 0.520. The lowest BCUT2D eigenvalue weighted by atomic mass is 10.1. The highest BCUT2D eigenvalue weighted by Gasteiger charge is 2.13. The Kier molecular flexibility index (Phi) is 6.92. The summed E-state index contributed by atoms with van der Waals surface area (Å²) >= 11 is 5.72. The Morgan fingerprint density at radius 1 is 1.04 bits per heavy atom. The summed E-state index contributed by atoms with van der Waals surface area (Å²) in [7, 11) is -3.68. The summed E-state index contributed by atoms with van der Waals surface area (Å²) < 4.78 is 39.9. The van der Waals surface area contributed by atoms with E-state index in [-0.39, 0.29) is 36.1 Å². The number of benzene rings is 2. The average Bonchev–Trinajstić information content (AvgIpc) is 2.57. The van der Waals surface area contributed by atoms with Crippen LogP contribution in [0.5, 0.6) is 0 Å². The van der Waals surface area contributed by atoms with E-state index in [4.69, 9.17) is 11.6 Å². The number of hydrogen-bond acceptors (Lipinski definition) is 3. The van der Waals surface area contributed by atoms with E-state index < -0.39 is 10.0 Å². The third kappa shape index (κ3) is 6.12. The number of nitrogens with one attached hydrogen (secondary N) is 2. The first-order valence-corrected chi connectivity index (χ1v) is 9.50. The number of sulfonamides is 1. The lowest BCUT2D eigenvalue weighted by Gasteiger charge is -2.08. The van der Waals surface area contributed by atoms with E-state index in [1.165, 1.54) is 30.3 Å². The van der Waals surface area contributed by atoms with E-state index >= 15 is 0 Å². The highest BCUT2D eigenvalue weighted by Crippen LogP contribution is 2.13. The van der Waals surface area contributed by atoms with E-state index in [0.717, 1.165) is 0 Å².